The van der Waals surface area contributed by atoms with E-state index in [0.29, 0.717) is 25.6 Å². The summed E-state index contributed by atoms with van der Waals surface area (Å²) >= 11 is 0. The molecular weight excluding hydrogens is 318 g/mol. The van der Waals surface area contributed by atoms with Crippen LogP contribution in [0.5, 0.6) is 0 Å². The van der Waals surface area contributed by atoms with Crippen molar-refractivity contribution in [1.29, 1.82) is 0 Å². The Balaban J connectivity index is 1.80. The van der Waals surface area contributed by atoms with Crippen molar-refractivity contribution in [2.75, 3.05) is 31.6 Å². The van der Waals surface area contributed by atoms with Gasteiger partial charge in [0.05, 0.1) is 13.2 Å². The van der Waals surface area contributed by atoms with E-state index in [-0.39, 0.29) is 18.0 Å². The molecule has 1 fully saturated rings. The molecule has 1 aliphatic rings. The molecule has 138 valence electrons. The Morgan fingerprint density at radius 3 is 2.64 bits per heavy atom. The number of rotatable bonds is 6. The fourth-order valence-corrected chi connectivity index (χ4v) is 3.01. The minimum Gasteiger partial charge on any atom is -0.450 e. The number of amides is 2. The maximum Gasteiger partial charge on any atom is 0.407 e. The summed E-state index contributed by atoms with van der Waals surface area (Å²) in [5.74, 6) is 0.441. The van der Waals surface area contributed by atoms with E-state index in [1.54, 1.807) is 6.92 Å². The van der Waals surface area contributed by atoms with E-state index < -0.39 is 0 Å². The van der Waals surface area contributed by atoms with Crippen LogP contribution in [0.3, 0.4) is 0 Å². The molecule has 0 radical (unpaired) electrons. The van der Waals surface area contributed by atoms with Crippen LogP contribution in [0.25, 0.3) is 0 Å². The second kappa shape index (κ2) is 9.42. The molecule has 0 aromatic heterocycles. The van der Waals surface area contributed by atoms with E-state index in [1.165, 1.54) is 5.56 Å². The number of hydrogen-bond acceptors (Lipinski definition) is 4. The van der Waals surface area contributed by atoms with Crippen molar-refractivity contribution in [3.63, 3.8) is 0 Å². The summed E-state index contributed by atoms with van der Waals surface area (Å²) in [5, 5.41) is 5.79. The largest absolute Gasteiger partial charge is 0.450 e. The number of benzene rings is 1. The third-order valence-corrected chi connectivity index (χ3v) is 4.33. The summed E-state index contributed by atoms with van der Waals surface area (Å²) in [6, 6.07) is 8.00. The average Bonchev–Trinajstić information content (AvgIpc) is 2.55. The van der Waals surface area contributed by atoms with Gasteiger partial charge < -0.3 is 15.4 Å². The zero-order valence-corrected chi connectivity index (χ0v) is 15.4. The Hall–Kier alpha value is -2.08. The van der Waals surface area contributed by atoms with E-state index in [4.69, 9.17) is 4.74 Å². The number of alkyl carbamates (subject to hydrolysis) is 1. The molecule has 6 nitrogen and oxygen atoms in total. The number of anilines is 1. The van der Waals surface area contributed by atoms with Gasteiger partial charge in [0.2, 0.25) is 5.91 Å². The van der Waals surface area contributed by atoms with Crippen LogP contribution in [0.1, 0.15) is 45.1 Å². The van der Waals surface area contributed by atoms with Gasteiger partial charge in [0.1, 0.15) is 0 Å². The number of nitrogens with zero attached hydrogens (tertiary/aromatic N) is 1. The van der Waals surface area contributed by atoms with Crippen LogP contribution < -0.4 is 10.6 Å². The highest BCUT2D eigenvalue weighted by atomic mass is 16.5. The minimum atomic E-state index is -0.385. The molecule has 25 heavy (non-hydrogen) atoms. The van der Waals surface area contributed by atoms with Gasteiger partial charge in [0, 0.05) is 18.3 Å². The summed E-state index contributed by atoms with van der Waals surface area (Å²) in [6.45, 7) is 8.28. The molecule has 1 atom stereocenters. The maximum absolute atomic E-state index is 12.3. The number of piperidine rings is 1. The molecule has 2 N–H and O–H groups in total. The number of carbonyl (C=O) groups is 2. The number of nitrogens with one attached hydrogen (secondary N) is 2. The lowest BCUT2D eigenvalue weighted by Gasteiger charge is -2.32. The maximum atomic E-state index is 12.3. The van der Waals surface area contributed by atoms with Crippen molar-refractivity contribution >= 4 is 17.7 Å². The molecule has 1 saturated heterocycles. The molecule has 0 aliphatic carbocycles. The first kappa shape index (κ1) is 19.2. The van der Waals surface area contributed by atoms with E-state index in [2.05, 4.69) is 29.4 Å². The molecule has 2 rings (SSSR count). The first-order chi connectivity index (χ1) is 12.0. The topological polar surface area (TPSA) is 70.7 Å². The van der Waals surface area contributed by atoms with Crippen molar-refractivity contribution in [3.8, 4) is 0 Å². The zero-order valence-electron chi connectivity index (χ0n) is 15.4. The Labute approximate surface area is 149 Å². The van der Waals surface area contributed by atoms with Crippen LogP contribution >= 0.6 is 0 Å². The molecule has 6 heteroatoms. The van der Waals surface area contributed by atoms with Gasteiger partial charge >= 0.3 is 6.09 Å². The summed E-state index contributed by atoms with van der Waals surface area (Å²) < 4.78 is 4.92. The van der Waals surface area contributed by atoms with E-state index >= 15 is 0 Å². The molecule has 1 unspecified atom stereocenters. The van der Waals surface area contributed by atoms with Crippen molar-refractivity contribution in [3.05, 3.63) is 29.8 Å². The SMILES string of the molecule is CCOC(=O)NC1CCCN(CC(=O)Nc2ccc(C(C)C)cc2)C1. The van der Waals surface area contributed by atoms with Crippen LogP contribution in [-0.4, -0.2) is 49.2 Å². The van der Waals surface area contributed by atoms with Gasteiger partial charge in [-0.05, 0) is 49.9 Å². The van der Waals surface area contributed by atoms with Gasteiger partial charge in [-0.25, -0.2) is 4.79 Å². The number of hydrogen-bond donors (Lipinski definition) is 2. The summed E-state index contributed by atoms with van der Waals surface area (Å²) in [6.07, 6.45) is 1.48. The fourth-order valence-electron chi connectivity index (χ4n) is 3.01. The fraction of sp³-hybridized carbons (Fsp3) is 0.579. The van der Waals surface area contributed by atoms with Crippen molar-refractivity contribution in [2.24, 2.45) is 0 Å². The monoisotopic (exact) mass is 347 g/mol. The molecule has 0 spiro atoms. The molecule has 1 aromatic rings. The lowest BCUT2D eigenvalue weighted by atomic mass is 10.0. The highest BCUT2D eigenvalue weighted by Crippen LogP contribution is 2.17. The van der Waals surface area contributed by atoms with Gasteiger partial charge in [-0.1, -0.05) is 26.0 Å². The normalized spacial score (nSPS) is 18.0. The summed E-state index contributed by atoms with van der Waals surface area (Å²) in [7, 11) is 0. The average molecular weight is 347 g/mol. The highest BCUT2D eigenvalue weighted by molar-refractivity contribution is 5.92. The van der Waals surface area contributed by atoms with Gasteiger partial charge in [-0.2, -0.15) is 0 Å². The zero-order chi connectivity index (χ0) is 18.2. The second-order valence-corrected chi connectivity index (χ2v) is 6.76. The first-order valence-corrected chi connectivity index (χ1v) is 9.03. The Morgan fingerprint density at radius 1 is 1.28 bits per heavy atom. The van der Waals surface area contributed by atoms with Gasteiger partial charge in [0.25, 0.3) is 0 Å². The van der Waals surface area contributed by atoms with Gasteiger partial charge in [-0.15, -0.1) is 0 Å². The van der Waals surface area contributed by atoms with Crippen molar-refractivity contribution < 1.29 is 14.3 Å². The first-order valence-electron chi connectivity index (χ1n) is 9.03. The predicted molar refractivity (Wildman–Crippen MR) is 98.8 cm³/mol. The number of carbonyl (C=O) groups excluding carboxylic acids is 2. The Kier molecular flexibility index (Phi) is 7.25. The molecule has 1 aliphatic heterocycles. The third-order valence-electron chi connectivity index (χ3n) is 4.33. The van der Waals surface area contributed by atoms with Crippen molar-refractivity contribution in [1.82, 2.24) is 10.2 Å². The third kappa shape index (κ3) is 6.38. The lowest BCUT2D eigenvalue weighted by Crippen LogP contribution is -2.49. The van der Waals surface area contributed by atoms with E-state index in [0.717, 1.165) is 25.1 Å². The van der Waals surface area contributed by atoms with Crippen LogP contribution in [-0.2, 0) is 9.53 Å². The summed E-state index contributed by atoms with van der Waals surface area (Å²) in [5.41, 5.74) is 2.06. The summed E-state index contributed by atoms with van der Waals surface area (Å²) in [4.78, 5) is 25.9. The quantitative estimate of drug-likeness (QED) is 0.830. The highest BCUT2D eigenvalue weighted by Gasteiger charge is 2.23. The molecular formula is C19H29N3O3. The van der Waals surface area contributed by atoms with Gasteiger partial charge in [-0.3, -0.25) is 9.69 Å². The number of likely N-dealkylation sites (tertiary alicyclic amines) is 1. The molecule has 0 bridgehead atoms. The van der Waals surface area contributed by atoms with Crippen LogP contribution in [0.15, 0.2) is 24.3 Å². The smallest absolute Gasteiger partial charge is 0.407 e. The van der Waals surface area contributed by atoms with E-state index in [1.807, 2.05) is 24.3 Å². The molecule has 1 heterocycles. The van der Waals surface area contributed by atoms with Crippen LogP contribution in [0, 0.1) is 0 Å². The standard InChI is InChI=1S/C19H29N3O3/c1-4-25-19(24)21-17-6-5-11-22(12-17)13-18(23)20-16-9-7-15(8-10-16)14(2)3/h7-10,14,17H,4-6,11-13H2,1-3H3,(H,20,23)(H,21,24). The van der Waals surface area contributed by atoms with Crippen LogP contribution in [0.4, 0.5) is 10.5 Å². The molecule has 1 aromatic carbocycles. The minimum absolute atomic E-state index is 0.0333. The molecule has 0 saturated carbocycles. The van der Waals surface area contributed by atoms with Crippen LogP contribution in [0.2, 0.25) is 0 Å². The Morgan fingerprint density at radius 2 is 2.00 bits per heavy atom. The molecule has 2 amide bonds. The predicted octanol–water partition coefficient (Wildman–Crippen LogP) is 2.96. The van der Waals surface area contributed by atoms with Gasteiger partial charge in [0.15, 0.2) is 0 Å². The lowest BCUT2D eigenvalue weighted by molar-refractivity contribution is -0.117. The van der Waals surface area contributed by atoms with Crippen molar-refractivity contribution in [2.45, 2.75) is 45.6 Å². The Bertz CT molecular complexity index is 572. The second-order valence-electron chi connectivity index (χ2n) is 6.76. The number of ether oxygens (including phenoxy) is 1. The van der Waals surface area contributed by atoms with E-state index in [9.17, 15) is 9.59 Å².